The van der Waals surface area contributed by atoms with Gasteiger partial charge in [0, 0.05) is 22.0 Å². The van der Waals surface area contributed by atoms with Crippen molar-refractivity contribution in [2.24, 2.45) is 0 Å². The monoisotopic (exact) mass is 314 g/mol. The predicted molar refractivity (Wildman–Crippen MR) is 89.3 cm³/mol. The molecule has 1 aromatic carbocycles. The lowest BCUT2D eigenvalue weighted by atomic mass is 10.1. The Balaban J connectivity index is 1.79. The second-order valence-electron chi connectivity index (χ2n) is 4.88. The van der Waals surface area contributed by atoms with Gasteiger partial charge in [-0.05, 0) is 48.6 Å². The number of hydrogen-bond donors (Lipinski definition) is 1. The van der Waals surface area contributed by atoms with Crippen molar-refractivity contribution in [2.75, 3.05) is 5.32 Å². The molecule has 0 spiro atoms. The first-order valence-corrected chi connectivity index (χ1v) is 8.32. The first-order valence-electron chi connectivity index (χ1n) is 6.49. The number of aryl methyl sites for hydroxylation is 2. The molecule has 3 aromatic rings. The summed E-state index contributed by atoms with van der Waals surface area (Å²) in [4.78, 5) is 16.7. The van der Waals surface area contributed by atoms with Crippen molar-refractivity contribution in [1.82, 2.24) is 4.98 Å². The van der Waals surface area contributed by atoms with Crippen LogP contribution in [0.3, 0.4) is 0 Å². The summed E-state index contributed by atoms with van der Waals surface area (Å²) in [6.45, 7) is 4.03. The normalized spacial score (nSPS) is 10.6. The third kappa shape index (κ3) is 3.20. The molecule has 0 saturated heterocycles. The zero-order chi connectivity index (χ0) is 14.8. The van der Waals surface area contributed by atoms with E-state index < -0.39 is 0 Å². The smallest absolute Gasteiger partial charge is 0.275 e. The largest absolute Gasteiger partial charge is 0.321 e. The van der Waals surface area contributed by atoms with E-state index in [1.165, 1.54) is 11.3 Å². The molecule has 0 aliphatic carbocycles. The summed E-state index contributed by atoms with van der Waals surface area (Å²) in [6.07, 6.45) is 0. The number of aromatic nitrogens is 1. The fourth-order valence-electron chi connectivity index (χ4n) is 2.14. The van der Waals surface area contributed by atoms with Crippen molar-refractivity contribution >= 4 is 34.3 Å². The fourth-order valence-corrected chi connectivity index (χ4v) is 3.65. The Hall–Kier alpha value is -1.98. The minimum atomic E-state index is -0.169. The van der Waals surface area contributed by atoms with Crippen molar-refractivity contribution in [2.45, 2.75) is 13.8 Å². The Bertz CT molecular complexity index is 755. The predicted octanol–water partition coefficient (Wildman–Crippen LogP) is 4.74. The van der Waals surface area contributed by atoms with Gasteiger partial charge >= 0.3 is 0 Å². The van der Waals surface area contributed by atoms with Crippen molar-refractivity contribution in [3.05, 3.63) is 57.2 Å². The second kappa shape index (κ2) is 5.79. The highest BCUT2D eigenvalue weighted by Crippen LogP contribution is 2.26. The van der Waals surface area contributed by atoms with Crippen molar-refractivity contribution in [3.8, 4) is 10.6 Å². The van der Waals surface area contributed by atoms with Crippen LogP contribution >= 0.6 is 22.7 Å². The summed E-state index contributed by atoms with van der Waals surface area (Å²) in [5.41, 5.74) is 4.59. The SMILES string of the molecule is Cc1cc(C)cc(NC(=O)c2csc(-c3ccsc3)n2)c1. The number of amides is 1. The highest BCUT2D eigenvalue weighted by atomic mass is 32.1. The lowest BCUT2D eigenvalue weighted by Crippen LogP contribution is -2.12. The molecule has 3 rings (SSSR count). The topological polar surface area (TPSA) is 42.0 Å². The van der Waals surface area contributed by atoms with Crippen LogP contribution in [0.5, 0.6) is 0 Å². The quantitative estimate of drug-likeness (QED) is 0.758. The fraction of sp³-hybridized carbons (Fsp3) is 0.125. The first-order chi connectivity index (χ1) is 10.1. The van der Waals surface area contributed by atoms with Crippen LogP contribution in [0, 0.1) is 13.8 Å². The van der Waals surface area contributed by atoms with Gasteiger partial charge in [-0.15, -0.1) is 11.3 Å². The van der Waals surface area contributed by atoms with E-state index in [1.54, 1.807) is 16.7 Å². The third-order valence-electron chi connectivity index (χ3n) is 2.98. The highest BCUT2D eigenvalue weighted by Gasteiger charge is 2.12. The zero-order valence-corrected chi connectivity index (χ0v) is 13.3. The maximum absolute atomic E-state index is 12.3. The summed E-state index contributed by atoms with van der Waals surface area (Å²) in [7, 11) is 0. The highest BCUT2D eigenvalue weighted by molar-refractivity contribution is 7.14. The number of thiazole rings is 1. The molecule has 0 aliphatic heterocycles. The summed E-state index contributed by atoms with van der Waals surface area (Å²) in [5, 5.41) is 9.62. The minimum Gasteiger partial charge on any atom is -0.321 e. The van der Waals surface area contributed by atoms with Gasteiger partial charge in [0.25, 0.3) is 5.91 Å². The molecule has 3 nitrogen and oxygen atoms in total. The van der Waals surface area contributed by atoms with E-state index in [0.717, 1.165) is 27.4 Å². The Kier molecular flexibility index (Phi) is 3.86. The molecule has 0 unspecified atom stereocenters. The molecular weight excluding hydrogens is 300 g/mol. The molecule has 2 aromatic heterocycles. The molecule has 0 saturated carbocycles. The standard InChI is InChI=1S/C16H14N2OS2/c1-10-5-11(2)7-13(6-10)17-15(19)14-9-21-16(18-14)12-3-4-20-8-12/h3-9H,1-2H3,(H,17,19). The lowest BCUT2D eigenvalue weighted by molar-refractivity contribution is 0.102. The van der Waals surface area contributed by atoms with Gasteiger partial charge in [0.2, 0.25) is 0 Å². The number of nitrogens with zero attached hydrogens (tertiary/aromatic N) is 1. The molecule has 1 N–H and O–H groups in total. The van der Waals surface area contributed by atoms with Gasteiger partial charge < -0.3 is 5.32 Å². The van der Waals surface area contributed by atoms with Gasteiger partial charge in [0.15, 0.2) is 0 Å². The molecule has 0 aliphatic rings. The third-order valence-corrected chi connectivity index (χ3v) is 4.56. The Morgan fingerprint density at radius 2 is 1.90 bits per heavy atom. The number of hydrogen-bond acceptors (Lipinski definition) is 4. The van der Waals surface area contributed by atoms with Crippen LogP contribution < -0.4 is 5.32 Å². The zero-order valence-electron chi connectivity index (χ0n) is 11.7. The molecule has 0 radical (unpaired) electrons. The van der Waals surface area contributed by atoms with E-state index in [1.807, 2.05) is 42.8 Å². The van der Waals surface area contributed by atoms with Crippen LogP contribution in [-0.4, -0.2) is 10.9 Å². The summed E-state index contributed by atoms with van der Waals surface area (Å²) >= 11 is 3.11. The Morgan fingerprint density at radius 3 is 2.57 bits per heavy atom. The second-order valence-corrected chi connectivity index (χ2v) is 6.52. The van der Waals surface area contributed by atoms with E-state index in [9.17, 15) is 4.79 Å². The summed E-state index contributed by atoms with van der Waals surface area (Å²) in [5.74, 6) is -0.169. The molecule has 106 valence electrons. The number of nitrogens with one attached hydrogen (secondary N) is 1. The van der Waals surface area contributed by atoms with Crippen molar-refractivity contribution < 1.29 is 4.79 Å². The average Bonchev–Trinajstić information content (AvgIpc) is 3.09. The number of rotatable bonds is 3. The summed E-state index contributed by atoms with van der Waals surface area (Å²) < 4.78 is 0. The number of carbonyl (C=O) groups excluding carboxylic acids is 1. The van der Waals surface area contributed by atoms with Gasteiger partial charge in [-0.1, -0.05) is 6.07 Å². The van der Waals surface area contributed by atoms with E-state index in [0.29, 0.717) is 5.69 Å². The number of carbonyl (C=O) groups is 1. The molecular formula is C16H14N2OS2. The molecule has 0 fully saturated rings. The Labute approximate surface area is 131 Å². The van der Waals surface area contributed by atoms with Crippen LogP contribution in [-0.2, 0) is 0 Å². The van der Waals surface area contributed by atoms with Gasteiger partial charge in [-0.2, -0.15) is 11.3 Å². The maximum atomic E-state index is 12.3. The number of thiophene rings is 1. The van der Waals surface area contributed by atoms with E-state index >= 15 is 0 Å². The number of benzene rings is 1. The molecule has 1 amide bonds. The molecule has 5 heteroatoms. The van der Waals surface area contributed by atoms with Gasteiger partial charge in [-0.3, -0.25) is 4.79 Å². The minimum absolute atomic E-state index is 0.169. The van der Waals surface area contributed by atoms with E-state index in [2.05, 4.69) is 16.4 Å². The summed E-state index contributed by atoms with van der Waals surface area (Å²) in [6, 6.07) is 8.00. The lowest BCUT2D eigenvalue weighted by Gasteiger charge is -2.06. The molecule has 0 atom stereocenters. The molecule has 21 heavy (non-hydrogen) atoms. The van der Waals surface area contributed by atoms with Crippen LogP contribution in [0.4, 0.5) is 5.69 Å². The van der Waals surface area contributed by atoms with Crippen molar-refractivity contribution in [3.63, 3.8) is 0 Å². The van der Waals surface area contributed by atoms with Crippen LogP contribution in [0.1, 0.15) is 21.6 Å². The van der Waals surface area contributed by atoms with Crippen molar-refractivity contribution in [1.29, 1.82) is 0 Å². The van der Waals surface area contributed by atoms with E-state index in [-0.39, 0.29) is 5.91 Å². The number of anilines is 1. The Morgan fingerprint density at radius 1 is 1.14 bits per heavy atom. The average molecular weight is 314 g/mol. The molecule has 2 heterocycles. The van der Waals surface area contributed by atoms with Crippen LogP contribution in [0.15, 0.2) is 40.4 Å². The van der Waals surface area contributed by atoms with Gasteiger partial charge in [0.1, 0.15) is 10.7 Å². The van der Waals surface area contributed by atoms with E-state index in [4.69, 9.17) is 0 Å². The van der Waals surface area contributed by atoms with Gasteiger partial charge in [-0.25, -0.2) is 4.98 Å². The molecule has 0 bridgehead atoms. The van der Waals surface area contributed by atoms with Gasteiger partial charge in [0.05, 0.1) is 0 Å². The maximum Gasteiger partial charge on any atom is 0.275 e. The van der Waals surface area contributed by atoms with Crippen LogP contribution in [0.25, 0.3) is 10.6 Å². The first kappa shape index (κ1) is 14.0. The van der Waals surface area contributed by atoms with Crippen LogP contribution in [0.2, 0.25) is 0 Å².